The molecule has 0 aliphatic carbocycles. The second-order valence-corrected chi connectivity index (χ2v) is 5.09. The molecule has 1 rings (SSSR count). The molecule has 5 heteroatoms. The Bertz CT molecular complexity index is 498. The quantitative estimate of drug-likeness (QED) is 0.830. The number of amides is 2. The minimum absolute atomic E-state index is 0.0843. The number of rotatable bonds is 5. The van der Waals surface area contributed by atoms with Crippen LogP contribution in [0.25, 0.3) is 0 Å². The third kappa shape index (κ3) is 3.98. The van der Waals surface area contributed by atoms with Gasteiger partial charge in [-0.25, -0.2) is 0 Å². The standard InChI is InChI=1S/C15H23N3O2/c1-5-8-18(10-14(19)17(3)4)15(20)12-6-7-13(16)11(2)9-12/h6-7,9H,5,8,10,16H2,1-4H3. The Kier molecular flexibility index (Phi) is 5.55. The van der Waals surface area contributed by atoms with Crippen LogP contribution in [-0.2, 0) is 4.79 Å². The largest absolute Gasteiger partial charge is 0.399 e. The normalized spacial score (nSPS) is 10.2. The number of aryl methyl sites for hydroxylation is 1. The van der Waals surface area contributed by atoms with Gasteiger partial charge in [0.1, 0.15) is 6.54 Å². The fraction of sp³-hybridized carbons (Fsp3) is 0.467. The minimum Gasteiger partial charge on any atom is -0.399 e. The van der Waals surface area contributed by atoms with Crippen LogP contribution in [0.5, 0.6) is 0 Å². The summed E-state index contributed by atoms with van der Waals surface area (Å²) in [6, 6.07) is 5.19. The lowest BCUT2D eigenvalue weighted by Crippen LogP contribution is -2.40. The Morgan fingerprint density at radius 1 is 1.25 bits per heavy atom. The van der Waals surface area contributed by atoms with Crippen LogP contribution in [0.4, 0.5) is 5.69 Å². The number of likely N-dealkylation sites (N-methyl/N-ethyl adjacent to an activating group) is 1. The van der Waals surface area contributed by atoms with Gasteiger partial charge >= 0.3 is 0 Å². The van der Waals surface area contributed by atoms with Crippen molar-refractivity contribution in [2.24, 2.45) is 0 Å². The SMILES string of the molecule is CCCN(CC(=O)N(C)C)C(=O)c1ccc(N)c(C)c1. The van der Waals surface area contributed by atoms with Crippen molar-refractivity contribution >= 4 is 17.5 Å². The van der Waals surface area contributed by atoms with E-state index in [9.17, 15) is 9.59 Å². The highest BCUT2D eigenvalue weighted by Crippen LogP contribution is 2.14. The fourth-order valence-corrected chi connectivity index (χ4v) is 1.82. The van der Waals surface area contributed by atoms with Crippen molar-refractivity contribution in [3.8, 4) is 0 Å². The van der Waals surface area contributed by atoms with E-state index in [-0.39, 0.29) is 18.4 Å². The van der Waals surface area contributed by atoms with Gasteiger partial charge in [-0.1, -0.05) is 6.92 Å². The topological polar surface area (TPSA) is 66.6 Å². The minimum atomic E-state index is -0.134. The number of hydrogen-bond donors (Lipinski definition) is 1. The van der Waals surface area contributed by atoms with E-state index in [2.05, 4.69) is 0 Å². The number of nitrogen functional groups attached to an aromatic ring is 1. The zero-order valence-corrected chi connectivity index (χ0v) is 12.6. The molecule has 0 saturated heterocycles. The van der Waals surface area contributed by atoms with Gasteiger partial charge in [-0.05, 0) is 37.1 Å². The van der Waals surface area contributed by atoms with Crippen LogP contribution in [0.15, 0.2) is 18.2 Å². The number of benzene rings is 1. The molecule has 0 spiro atoms. The zero-order chi connectivity index (χ0) is 15.3. The number of nitrogens with two attached hydrogens (primary N) is 1. The molecule has 110 valence electrons. The van der Waals surface area contributed by atoms with Gasteiger partial charge in [0.2, 0.25) is 5.91 Å². The predicted octanol–water partition coefficient (Wildman–Crippen LogP) is 1.52. The van der Waals surface area contributed by atoms with Crippen molar-refractivity contribution in [3.05, 3.63) is 29.3 Å². The molecular formula is C15H23N3O2. The van der Waals surface area contributed by atoms with Gasteiger partial charge in [0.05, 0.1) is 0 Å². The third-order valence-corrected chi connectivity index (χ3v) is 3.12. The highest BCUT2D eigenvalue weighted by Gasteiger charge is 2.19. The highest BCUT2D eigenvalue weighted by molar-refractivity contribution is 5.97. The van der Waals surface area contributed by atoms with Gasteiger partial charge in [0.25, 0.3) is 5.91 Å². The lowest BCUT2D eigenvalue weighted by molar-refractivity contribution is -0.129. The van der Waals surface area contributed by atoms with E-state index < -0.39 is 0 Å². The van der Waals surface area contributed by atoms with Gasteiger partial charge < -0.3 is 15.5 Å². The summed E-state index contributed by atoms with van der Waals surface area (Å²) in [5.74, 6) is -0.218. The molecule has 2 N–H and O–H groups in total. The average molecular weight is 277 g/mol. The maximum atomic E-state index is 12.5. The summed E-state index contributed by atoms with van der Waals surface area (Å²) in [6.07, 6.45) is 0.806. The molecule has 1 aromatic carbocycles. The Morgan fingerprint density at radius 2 is 1.90 bits per heavy atom. The van der Waals surface area contributed by atoms with E-state index in [1.54, 1.807) is 37.2 Å². The summed E-state index contributed by atoms with van der Waals surface area (Å²) in [5, 5.41) is 0. The van der Waals surface area contributed by atoms with Gasteiger partial charge in [-0.15, -0.1) is 0 Å². The molecule has 5 nitrogen and oxygen atoms in total. The molecule has 1 aromatic rings. The lowest BCUT2D eigenvalue weighted by atomic mass is 10.1. The summed E-state index contributed by atoms with van der Waals surface area (Å²) in [4.78, 5) is 27.3. The second-order valence-electron chi connectivity index (χ2n) is 5.09. The van der Waals surface area contributed by atoms with Gasteiger partial charge in [0.15, 0.2) is 0 Å². The van der Waals surface area contributed by atoms with Crippen LogP contribution < -0.4 is 5.73 Å². The van der Waals surface area contributed by atoms with Gasteiger partial charge in [-0.2, -0.15) is 0 Å². The van der Waals surface area contributed by atoms with E-state index in [1.165, 1.54) is 4.90 Å². The molecule has 20 heavy (non-hydrogen) atoms. The lowest BCUT2D eigenvalue weighted by Gasteiger charge is -2.23. The zero-order valence-electron chi connectivity index (χ0n) is 12.6. The third-order valence-electron chi connectivity index (χ3n) is 3.12. The number of nitrogens with zero attached hydrogens (tertiary/aromatic N) is 2. The molecule has 0 aromatic heterocycles. The monoisotopic (exact) mass is 277 g/mol. The van der Waals surface area contributed by atoms with Crippen LogP contribution >= 0.6 is 0 Å². The smallest absolute Gasteiger partial charge is 0.254 e. The summed E-state index contributed by atoms with van der Waals surface area (Å²) in [5.41, 5.74) is 7.85. The summed E-state index contributed by atoms with van der Waals surface area (Å²) in [6.45, 7) is 4.50. The molecule has 0 unspecified atom stereocenters. The highest BCUT2D eigenvalue weighted by atomic mass is 16.2. The van der Waals surface area contributed by atoms with Crippen LogP contribution in [-0.4, -0.2) is 48.8 Å². The van der Waals surface area contributed by atoms with Crippen molar-refractivity contribution in [2.45, 2.75) is 20.3 Å². The molecule has 2 amide bonds. The first-order valence-electron chi connectivity index (χ1n) is 6.72. The first-order valence-corrected chi connectivity index (χ1v) is 6.72. The van der Waals surface area contributed by atoms with E-state index >= 15 is 0 Å². The van der Waals surface area contributed by atoms with Gasteiger partial charge in [-0.3, -0.25) is 9.59 Å². The second kappa shape index (κ2) is 6.93. The molecule has 0 heterocycles. The van der Waals surface area contributed by atoms with Crippen molar-refractivity contribution in [3.63, 3.8) is 0 Å². The van der Waals surface area contributed by atoms with Crippen LogP contribution in [0, 0.1) is 6.92 Å². The first kappa shape index (κ1) is 16.0. The number of hydrogen-bond acceptors (Lipinski definition) is 3. The maximum Gasteiger partial charge on any atom is 0.254 e. The Labute approximate surface area is 120 Å². The molecule has 0 bridgehead atoms. The summed E-state index contributed by atoms with van der Waals surface area (Å²) in [7, 11) is 3.37. The Morgan fingerprint density at radius 3 is 2.40 bits per heavy atom. The summed E-state index contributed by atoms with van der Waals surface area (Å²) < 4.78 is 0. The average Bonchev–Trinajstić information content (AvgIpc) is 2.40. The Hall–Kier alpha value is -2.04. The number of carbonyl (C=O) groups excluding carboxylic acids is 2. The first-order chi connectivity index (χ1) is 9.36. The molecule has 0 atom stereocenters. The van der Waals surface area contributed by atoms with Gasteiger partial charge in [0, 0.05) is 31.9 Å². The van der Waals surface area contributed by atoms with Crippen LogP contribution in [0.3, 0.4) is 0 Å². The van der Waals surface area contributed by atoms with E-state index in [4.69, 9.17) is 5.73 Å². The molecule has 0 saturated carbocycles. The number of carbonyl (C=O) groups is 2. The molecule has 0 aliphatic heterocycles. The molecule has 0 fully saturated rings. The van der Waals surface area contributed by atoms with E-state index in [0.717, 1.165) is 12.0 Å². The Balaban J connectivity index is 2.92. The van der Waals surface area contributed by atoms with E-state index in [0.29, 0.717) is 17.8 Å². The fourth-order valence-electron chi connectivity index (χ4n) is 1.82. The van der Waals surface area contributed by atoms with Crippen molar-refractivity contribution < 1.29 is 9.59 Å². The molecular weight excluding hydrogens is 254 g/mol. The summed E-state index contributed by atoms with van der Waals surface area (Å²) >= 11 is 0. The van der Waals surface area contributed by atoms with Crippen molar-refractivity contribution in [2.75, 3.05) is 32.9 Å². The molecule has 0 radical (unpaired) electrons. The van der Waals surface area contributed by atoms with Crippen LogP contribution in [0.1, 0.15) is 29.3 Å². The van der Waals surface area contributed by atoms with Crippen molar-refractivity contribution in [1.82, 2.24) is 9.80 Å². The van der Waals surface area contributed by atoms with E-state index in [1.807, 2.05) is 13.8 Å². The van der Waals surface area contributed by atoms with Crippen LogP contribution in [0.2, 0.25) is 0 Å². The number of anilines is 1. The van der Waals surface area contributed by atoms with Crippen molar-refractivity contribution in [1.29, 1.82) is 0 Å². The predicted molar refractivity (Wildman–Crippen MR) is 80.5 cm³/mol. The molecule has 0 aliphatic rings. The maximum absolute atomic E-state index is 12.5.